The fourth-order valence-electron chi connectivity index (χ4n) is 7.67. The second kappa shape index (κ2) is 33.6. The Morgan fingerprint density at radius 1 is 0.477 bits per heavy atom. The maximum Gasteiger partial charge on any atom is 2.00 e. The fraction of sp³-hybridized carbons (Fsp3) is 0.538. The van der Waals surface area contributed by atoms with E-state index in [-0.39, 0.29) is 71.4 Å². The summed E-state index contributed by atoms with van der Waals surface area (Å²) in [5.74, 6) is 0.323. The zero-order chi connectivity index (χ0) is 46.5. The van der Waals surface area contributed by atoms with Crippen LogP contribution < -0.4 is 14.6 Å². The predicted molar refractivity (Wildman–Crippen MR) is 260 cm³/mol. The molecule has 10 nitrogen and oxygen atoms in total. The number of aryl methyl sites for hydroxylation is 2. The Labute approximate surface area is 421 Å². The van der Waals surface area contributed by atoms with Crippen molar-refractivity contribution in [2.75, 3.05) is 0 Å². The maximum atomic E-state index is 11.7. The Morgan fingerprint density at radius 3 is 1.23 bits per heavy atom. The van der Waals surface area contributed by atoms with Crippen molar-refractivity contribution >= 4 is 58.0 Å². The first kappa shape index (κ1) is 58.3. The van der Waals surface area contributed by atoms with E-state index < -0.39 is 25.1 Å². The molecule has 0 aliphatic carbocycles. The minimum Gasteiger partial charge on any atom is -0.872 e. The van der Waals surface area contributed by atoms with Gasteiger partial charge in [0.2, 0.25) is 0 Å². The number of rotatable bonds is 32. The molecule has 0 fully saturated rings. The summed E-state index contributed by atoms with van der Waals surface area (Å²) in [6, 6.07) is 21.2. The van der Waals surface area contributed by atoms with E-state index in [4.69, 9.17) is 9.47 Å². The minimum atomic E-state index is -4.68. The Bertz CT molecular complexity index is 1970. The van der Waals surface area contributed by atoms with E-state index in [1.54, 1.807) is 42.5 Å². The molecule has 0 aliphatic heterocycles. The van der Waals surface area contributed by atoms with Crippen LogP contribution in [-0.2, 0) is 33.1 Å². The summed E-state index contributed by atoms with van der Waals surface area (Å²) >= 11 is 0. The molecule has 356 valence electrons. The van der Waals surface area contributed by atoms with E-state index in [1.165, 1.54) is 171 Å². The van der Waals surface area contributed by atoms with Crippen molar-refractivity contribution in [1.29, 1.82) is 0 Å². The third-order valence-electron chi connectivity index (χ3n) is 11.3. The summed E-state index contributed by atoms with van der Waals surface area (Å²) in [7, 11) is -9.10. The van der Waals surface area contributed by atoms with E-state index in [1.807, 2.05) is 0 Å². The van der Waals surface area contributed by atoms with Crippen LogP contribution in [0, 0.1) is 0 Å². The van der Waals surface area contributed by atoms with Crippen LogP contribution in [0.15, 0.2) is 94.7 Å². The monoisotopic (exact) mass is 962 g/mol. The molecule has 0 radical (unpaired) electrons. The van der Waals surface area contributed by atoms with Crippen molar-refractivity contribution in [3.8, 4) is 34.5 Å². The van der Waals surface area contributed by atoms with Crippen LogP contribution in [0.3, 0.4) is 0 Å². The average molecular weight is 963 g/mol. The van der Waals surface area contributed by atoms with E-state index >= 15 is 0 Å². The quantitative estimate of drug-likeness (QED) is 0.0272. The van der Waals surface area contributed by atoms with Crippen molar-refractivity contribution in [1.82, 2.24) is 0 Å². The first-order valence-electron chi connectivity index (χ1n) is 23.9. The molecule has 0 amide bonds. The Balaban J connectivity index is 0.000000440. The van der Waals surface area contributed by atoms with Crippen molar-refractivity contribution < 1.29 is 45.6 Å². The van der Waals surface area contributed by atoms with E-state index in [0.717, 1.165) is 49.7 Å². The second-order valence-corrected chi connectivity index (χ2v) is 19.7. The van der Waals surface area contributed by atoms with Gasteiger partial charge in [0.15, 0.2) is 0 Å². The van der Waals surface area contributed by atoms with Gasteiger partial charge in [-0.2, -0.15) is 8.42 Å². The smallest absolute Gasteiger partial charge is 0.872 e. The molecule has 0 aromatic heterocycles. The Morgan fingerprint density at radius 2 is 0.846 bits per heavy atom. The first-order chi connectivity index (χ1) is 30.8. The number of aromatic hydroxyl groups is 1. The van der Waals surface area contributed by atoms with E-state index in [2.05, 4.69) is 13.8 Å². The Hall–Kier alpha value is -2.84. The molecule has 4 aromatic carbocycles. The molecular weight excluding hydrogens is 889 g/mol. The molecule has 0 unspecified atom stereocenters. The number of phenolic OH excluding ortho intramolecular Hbond substituents is 1. The van der Waals surface area contributed by atoms with Crippen LogP contribution in [0.2, 0.25) is 0 Å². The fourth-order valence-corrected chi connectivity index (χ4v) is 8.85. The second-order valence-electron chi connectivity index (χ2n) is 16.9. The van der Waals surface area contributed by atoms with Gasteiger partial charge in [-0.1, -0.05) is 185 Å². The summed E-state index contributed by atoms with van der Waals surface area (Å²) in [6.45, 7) is 4.49. The molecule has 4 rings (SSSR count). The molecule has 13 heteroatoms. The summed E-state index contributed by atoms with van der Waals surface area (Å²) in [5.41, 5.74) is 1.87. The van der Waals surface area contributed by atoms with Crippen molar-refractivity contribution in [2.45, 2.75) is 191 Å². The van der Waals surface area contributed by atoms with Gasteiger partial charge in [-0.05, 0) is 85.3 Å². The molecule has 0 saturated carbocycles. The zero-order valence-electron chi connectivity index (χ0n) is 39.2. The van der Waals surface area contributed by atoms with Crippen molar-refractivity contribution in [3.63, 3.8) is 0 Å². The molecule has 0 heterocycles. The van der Waals surface area contributed by atoms with Gasteiger partial charge >= 0.3 is 37.7 Å². The molecule has 0 atom stereocenters. The maximum absolute atomic E-state index is 11.7. The number of ether oxygens (including phenoxy) is 2. The van der Waals surface area contributed by atoms with Gasteiger partial charge in [0.05, 0.1) is 4.90 Å². The van der Waals surface area contributed by atoms with Gasteiger partial charge in [0, 0.05) is 6.07 Å². The molecule has 0 aliphatic rings. The number of hydrogen-bond donors (Lipinski definition) is 2. The van der Waals surface area contributed by atoms with Crippen LogP contribution in [0.1, 0.15) is 179 Å². The molecule has 0 spiro atoms. The third kappa shape index (κ3) is 25.8. The predicted octanol–water partition coefficient (Wildman–Crippen LogP) is 14.0. The van der Waals surface area contributed by atoms with Gasteiger partial charge in [-0.15, -0.1) is 5.75 Å². The van der Waals surface area contributed by atoms with Crippen molar-refractivity contribution in [2.24, 2.45) is 0 Å². The molecule has 0 saturated heterocycles. The van der Waals surface area contributed by atoms with Gasteiger partial charge in [-0.25, -0.2) is 8.42 Å². The largest absolute Gasteiger partial charge is 2.00 e. The standard InChI is InChI=1S/2C26H38O5S.Ca/c2*1-2-3-4-5-6-7-8-9-10-11-12-13-15-22-18-19-26(32(28,29)30)25(20-22)31-24-17-14-16-23(27)21-24;/h2*14,16-21,27H,2-13,15H2,1H3,(H,28,29,30);/q;;+2/p-2. The van der Waals surface area contributed by atoms with Crippen molar-refractivity contribution in [3.05, 3.63) is 96.1 Å². The molecule has 2 N–H and O–H groups in total. The van der Waals surface area contributed by atoms with Gasteiger partial charge < -0.3 is 24.2 Å². The van der Waals surface area contributed by atoms with E-state index in [0.29, 0.717) is 5.75 Å². The molecule has 0 bridgehead atoms. The molecular formula is C52H74CaO10S2. The number of phenols is 1. The minimum absolute atomic E-state index is 0. The number of hydrogen-bond acceptors (Lipinski definition) is 9. The Kier molecular flexibility index (Phi) is 30.1. The number of benzene rings is 4. The van der Waals surface area contributed by atoms with E-state index in [9.17, 15) is 36.2 Å². The van der Waals surface area contributed by atoms with Crippen LogP contribution >= 0.6 is 0 Å². The van der Waals surface area contributed by atoms with Gasteiger partial charge in [0.1, 0.15) is 43.8 Å². The summed E-state index contributed by atoms with van der Waals surface area (Å²) in [4.78, 5) is -0.688. The normalized spacial score (nSPS) is 11.4. The van der Waals surface area contributed by atoms with Gasteiger partial charge in [-0.3, -0.25) is 4.55 Å². The third-order valence-corrected chi connectivity index (χ3v) is 13.0. The summed E-state index contributed by atoms with van der Waals surface area (Å²) in [5, 5.41) is 21.1. The van der Waals surface area contributed by atoms with Crippen LogP contribution in [0.5, 0.6) is 34.5 Å². The van der Waals surface area contributed by atoms with Crippen LogP contribution in [-0.4, -0.2) is 68.8 Å². The van der Waals surface area contributed by atoms with Crippen LogP contribution in [0.25, 0.3) is 0 Å². The summed E-state index contributed by atoms with van der Waals surface area (Å²) in [6.07, 6.45) is 32.3. The van der Waals surface area contributed by atoms with Gasteiger partial charge in [0.25, 0.3) is 10.1 Å². The average Bonchev–Trinajstić information content (AvgIpc) is 3.24. The summed E-state index contributed by atoms with van der Waals surface area (Å²) < 4.78 is 79.0. The zero-order valence-corrected chi connectivity index (χ0v) is 43.0. The SMILES string of the molecule is CCCCCCCCCCCCCCc1ccc(S(=O)(=O)O)c(Oc2cccc(O)c2)c1.CCCCCCCCCCCCCCc1ccc(S(=O)(=O)[O-])c(Oc2cccc([O-])c2)c1.[Ca+2]. The molecule has 65 heavy (non-hydrogen) atoms. The molecule has 4 aromatic rings. The topological polar surface area (TPSA) is 173 Å². The first-order valence-corrected chi connectivity index (χ1v) is 26.8. The number of unbranched alkanes of at least 4 members (excludes halogenated alkanes) is 22. The van der Waals surface area contributed by atoms with Crippen LogP contribution in [0.4, 0.5) is 0 Å².